The number of nitrogens with zero attached hydrogens (tertiary/aromatic N) is 4. The average molecular weight is 390 g/mol. The number of hydrogen-bond acceptors (Lipinski definition) is 5. The fourth-order valence-corrected chi connectivity index (χ4v) is 2.89. The van der Waals surface area contributed by atoms with E-state index in [1.165, 1.54) is 5.56 Å². The first kappa shape index (κ1) is 21.4. The molecule has 0 aliphatic carbocycles. The maximum Gasteiger partial charge on any atom is 0.233 e. The van der Waals surface area contributed by atoms with Crippen LogP contribution in [0.1, 0.15) is 65.9 Å². The molecule has 0 aliphatic rings. The molecule has 1 aromatic carbocycles. The van der Waals surface area contributed by atoms with Crippen LogP contribution in [0.4, 0.5) is 17.6 Å². The summed E-state index contributed by atoms with van der Waals surface area (Å²) in [6.07, 6.45) is 4.47. The zero-order valence-electron chi connectivity index (χ0n) is 17.2. The molecule has 148 valence electrons. The van der Waals surface area contributed by atoms with Crippen molar-refractivity contribution < 1.29 is 0 Å². The summed E-state index contributed by atoms with van der Waals surface area (Å²) in [5.74, 6) is 1.12. The molecule has 0 radical (unpaired) electrons. The molecule has 1 aromatic heterocycles. The van der Waals surface area contributed by atoms with Crippen LogP contribution in [0.5, 0.6) is 0 Å². The molecule has 2 rings (SSSR count). The van der Waals surface area contributed by atoms with E-state index in [2.05, 4.69) is 71.9 Å². The van der Waals surface area contributed by atoms with Crippen LogP contribution < -0.4 is 10.2 Å². The van der Waals surface area contributed by atoms with Gasteiger partial charge in [0.2, 0.25) is 17.2 Å². The maximum absolute atomic E-state index is 6.18. The van der Waals surface area contributed by atoms with Crippen molar-refractivity contribution in [2.75, 3.05) is 23.3 Å². The SMILES string of the molecule is CCCCN(CCCC)c1nc(Cl)nc(Nc2ccc(C(C)(C)C)cc2)n1. The lowest BCUT2D eigenvalue weighted by atomic mass is 9.87. The minimum absolute atomic E-state index is 0.126. The first-order valence-electron chi connectivity index (χ1n) is 9.87. The van der Waals surface area contributed by atoms with Crippen molar-refractivity contribution in [3.63, 3.8) is 0 Å². The van der Waals surface area contributed by atoms with Gasteiger partial charge in [0.25, 0.3) is 0 Å². The Hall–Kier alpha value is -1.88. The Labute approximate surface area is 168 Å². The predicted molar refractivity (Wildman–Crippen MR) is 115 cm³/mol. The summed E-state index contributed by atoms with van der Waals surface area (Å²) in [5.41, 5.74) is 2.35. The lowest BCUT2D eigenvalue weighted by Gasteiger charge is -2.22. The van der Waals surface area contributed by atoms with E-state index in [-0.39, 0.29) is 10.7 Å². The minimum atomic E-state index is 0.126. The van der Waals surface area contributed by atoms with E-state index in [0.717, 1.165) is 44.5 Å². The van der Waals surface area contributed by atoms with Crippen LogP contribution in [-0.2, 0) is 5.41 Å². The zero-order valence-corrected chi connectivity index (χ0v) is 18.0. The number of hydrogen-bond donors (Lipinski definition) is 1. The first-order chi connectivity index (χ1) is 12.8. The highest BCUT2D eigenvalue weighted by atomic mass is 35.5. The van der Waals surface area contributed by atoms with Crippen LogP contribution in [0.2, 0.25) is 5.28 Å². The van der Waals surface area contributed by atoms with Crippen LogP contribution >= 0.6 is 11.6 Å². The van der Waals surface area contributed by atoms with Gasteiger partial charge >= 0.3 is 0 Å². The molecule has 0 atom stereocenters. The largest absolute Gasteiger partial charge is 0.341 e. The number of aromatic nitrogens is 3. The second kappa shape index (κ2) is 9.88. The summed E-state index contributed by atoms with van der Waals surface area (Å²) >= 11 is 6.18. The highest BCUT2D eigenvalue weighted by molar-refractivity contribution is 6.28. The number of anilines is 3. The van der Waals surface area contributed by atoms with Crippen molar-refractivity contribution in [1.29, 1.82) is 0 Å². The van der Waals surface area contributed by atoms with E-state index >= 15 is 0 Å². The summed E-state index contributed by atoms with van der Waals surface area (Å²) in [5, 5.41) is 3.47. The number of nitrogens with one attached hydrogen (secondary N) is 1. The first-order valence-corrected chi connectivity index (χ1v) is 10.3. The van der Waals surface area contributed by atoms with Gasteiger partial charge in [-0.2, -0.15) is 15.0 Å². The summed E-state index contributed by atoms with van der Waals surface area (Å²) in [6.45, 7) is 12.8. The van der Waals surface area contributed by atoms with E-state index < -0.39 is 0 Å². The van der Waals surface area contributed by atoms with Crippen LogP contribution in [0.3, 0.4) is 0 Å². The summed E-state index contributed by atoms with van der Waals surface area (Å²) in [7, 11) is 0. The van der Waals surface area contributed by atoms with Crippen LogP contribution in [-0.4, -0.2) is 28.0 Å². The highest BCUT2D eigenvalue weighted by Gasteiger charge is 2.15. The molecular weight excluding hydrogens is 358 g/mol. The summed E-state index contributed by atoms with van der Waals surface area (Å²) in [4.78, 5) is 15.4. The predicted octanol–water partition coefficient (Wildman–Crippen LogP) is 5.97. The molecule has 1 heterocycles. The van der Waals surface area contributed by atoms with Gasteiger partial charge in [-0.1, -0.05) is 59.6 Å². The molecule has 27 heavy (non-hydrogen) atoms. The van der Waals surface area contributed by atoms with Gasteiger partial charge in [-0.05, 0) is 47.6 Å². The van der Waals surface area contributed by atoms with Gasteiger partial charge in [0.1, 0.15) is 0 Å². The third-order valence-corrected chi connectivity index (χ3v) is 4.62. The number of unbranched alkanes of at least 4 members (excludes halogenated alkanes) is 2. The molecule has 0 fully saturated rings. The lowest BCUT2D eigenvalue weighted by molar-refractivity contribution is 0.590. The van der Waals surface area contributed by atoms with E-state index in [4.69, 9.17) is 11.6 Å². The fraction of sp³-hybridized carbons (Fsp3) is 0.571. The second-order valence-corrected chi connectivity index (χ2v) is 8.21. The van der Waals surface area contributed by atoms with Gasteiger partial charge in [-0.25, -0.2) is 0 Å². The molecule has 0 amide bonds. The van der Waals surface area contributed by atoms with Gasteiger partial charge in [0, 0.05) is 18.8 Å². The van der Waals surface area contributed by atoms with Crippen molar-refractivity contribution in [1.82, 2.24) is 15.0 Å². The topological polar surface area (TPSA) is 53.9 Å². The van der Waals surface area contributed by atoms with Crippen molar-refractivity contribution in [3.05, 3.63) is 35.1 Å². The van der Waals surface area contributed by atoms with Gasteiger partial charge in [0.05, 0.1) is 0 Å². The Morgan fingerprint density at radius 2 is 1.52 bits per heavy atom. The smallest absolute Gasteiger partial charge is 0.233 e. The maximum atomic E-state index is 6.18. The monoisotopic (exact) mass is 389 g/mol. The quantitative estimate of drug-likeness (QED) is 0.572. The molecule has 0 unspecified atom stereocenters. The van der Waals surface area contributed by atoms with Crippen molar-refractivity contribution in [3.8, 4) is 0 Å². The number of benzene rings is 1. The molecule has 1 N–H and O–H groups in total. The highest BCUT2D eigenvalue weighted by Crippen LogP contribution is 2.25. The minimum Gasteiger partial charge on any atom is -0.341 e. The Balaban J connectivity index is 2.19. The van der Waals surface area contributed by atoms with Gasteiger partial charge in [-0.15, -0.1) is 0 Å². The number of rotatable bonds is 9. The molecule has 0 saturated carbocycles. The molecule has 2 aromatic rings. The van der Waals surface area contributed by atoms with Gasteiger partial charge in [-0.3, -0.25) is 0 Å². The number of halogens is 1. The normalized spacial score (nSPS) is 11.5. The standard InChI is InChI=1S/C21H32ClN5/c1-6-8-14-27(15-9-7-2)20-25-18(22)24-19(26-20)23-17-12-10-16(11-13-17)21(3,4)5/h10-13H,6-9,14-15H2,1-5H3,(H,23,24,25,26). The van der Waals surface area contributed by atoms with Crippen LogP contribution in [0.25, 0.3) is 0 Å². The summed E-state index contributed by atoms with van der Waals surface area (Å²) in [6, 6.07) is 8.34. The third kappa shape index (κ3) is 6.65. The van der Waals surface area contributed by atoms with E-state index in [1.54, 1.807) is 0 Å². The molecular formula is C21H32ClN5. The van der Waals surface area contributed by atoms with E-state index in [9.17, 15) is 0 Å². The Morgan fingerprint density at radius 1 is 0.926 bits per heavy atom. The zero-order chi connectivity index (χ0) is 19.9. The van der Waals surface area contributed by atoms with Crippen molar-refractivity contribution in [2.24, 2.45) is 0 Å². The molecule has 0 bridgehead atoms. The molecule has 0 aliphatic heterocycles. The molecule has 6 heteroatoms. The van der Waals surface area contributed by atoms with Gasteiger partial charge in [0.15, 0.2) is 0 Å². The third-order valence-electron chi connectivity index (χ3n) is 4.45. The van der Waals surface area contributed by atoms with Crippen molar-refractivity contribution in [2.45, 2.75) is 65.7 Å². The van der Waals surface area contributed by atoms with Crippen LogP contribution in [0.15, 0.2) is 24.3 Å². The van der Waals surface area contributed by atoms with Gasteiger partial charge < -0.3 is 10.2 Å². The average Bonchev–Trinajstić information content (AvgIpc) is 2.61. The van der Waals surface area contributed by atoms with E-state index in [0.29, 0.717) is 11.9 Å². The fourth-order valence-electron chi connectivity index (χ4n) is 2.73. The Bertz CT molecular complexity index is 702. The molecule has 0 spiro atoms. The Kier molecular flexibility index (Phi) is 7.84. The Morgan fingerprint density at radius 3 is 2.04 bits per heavy atom. The van der Waals surface area contributed by atoms with Crippen molar-refractivity contribution >= 4 is 29.2 Å². The second-order valence-electron chi connectivity index (χ2n) is 7.87. The molecule has 0 saturated heterocycles. The van der Waals surface area contributed by atoms with Crippen LogP contribution in [0, 0.1) is 0 Å². The summed E-state index contributed by atoms with van der Waals surface area (Å²) < 4.78 is 0. The van der Waals surface area contributed by atoms with E-state index in [1.807, 2.05) is 12.1 Å². The lowest BCUT2D eigenvalue weighted by Crippen LogP contribution is -2.28. The molecule has 5 nitrogen and oxygen atoms in total.